The zero-order chi connectivity index (χ0) is 28.0. The summed E-state index contributed by atoms with van der Waals surface area (Å²) >= 11 is 0. The molecule has 0 heterocycles. The SMILES string of the molecule is Cc1c(C)c(C)[c-](C)c1C.O=C(O)c1ccccc1.O=C(O)c1ccccc1.O=C(O)c1ccccc1.[Zr]. The van der Waals surface area contributed by atoms with E-state index in [0.29, 0.717) is 16.7 Å². The fourth-order valence-electron chi connectivity index (χ4n) is 3.15. The molecule has 0 aromatic heterocycles. The number of carbonyl (C=O) groups is 3. The van der Waals surface area contributed by atoms with E-state index in [1.807, 2.05) is 0 Å². The molecule has 6 nitrogen and oxygen atoms in total. The van der Waals surface area contributed by atoms with Crippen LogP contribution < -0.4 is 0 Å². The largest absolute Gasteiger partial charge is 0.478 e. The van der Waals surface area contributed by atoms with Gasteiger partial charge in [-0.05, 0) is 36.4 Å². The van der Waals surface area contributed by atoms with E-state index < -0.39 is 17.9 Å². The van der Waals surface area contributed by atoms with E-state index in [2.05, 4.69) is 34.6 Å². The van der Waals surface area contributed by atoms with Gasteiger partial charge in [0.15, 0.2) is 0 Å². The summed E-state index contributed by atoms with van der Waals surface area (Å²) < 4.78 is 0. The summed E-state index contributed by atoms with van der Waals surface area (Å²) in [5.74, 6) is -2.64. The second kappa shape index (κ2) is 17.7. The Hall–Kier alpha value is -3.70. The number of aromatic carboxylic acids is 3. The Morgan fingerprint density at radius 2 is 0.711 bits per heavy atom. The normalized spacial score (nSPS) is 9.08. The predicted octanol–water partition coefficient (Wildman–Crippen LogP) is 7.10. The van der Waals surface area contributed by atoms with Crippen molar-refractivity contribution in [2.75, 3.05) is 0 Å². The summed E-state index contributed by atoms with van der Waals surface area (Å²) in [6, 6.07) is 24.9. The van der Waals surface area contributed by atoms with Gasteiger partial charge >= 0.3 is 17.9 Å². The zero-order valence-electron chi connectivity index (χ0n) is 22.2. The van der Waals surface area contributed by atoms with Gasteiger partial charge in [0.2, 0.25) is 0 Å². The third kappa shape index (κ3) is 11.6. The van der Waals surface area contributed by atoms with E-state index in [-0.39, 0.29) is 26.2 Å². The number of hydrogen-bond acceptors (Lipinski definition) is 3. The van der Waals surface area contributed by atoms with E-state index in [1.54, 1.807) is 91.0 Å². The molecule has 0 saturated heterocycles. The molecule has 0 fully saturated rings. The summed E-state index contributed by atoms with van der Waals surface area (Å²) in [6.45, 7) is 11.0. The van der Waals surface area contributed by atoms with Gasteiger partial charge in [-0.2, -0.15) is 27.8 Å². The Labute approximate surface area is 243 Å². The molecule has 0 unspecified atom stereocenters. The molecule has 4 rings (SSSR count). The van der Waals surface area contributed by atoms with Crippen molar-refractivity contribution < 1.29 is 55.9 Å². The maximum atomic E-state index is 10.2. The molecular formula is C31H33O6Zr-. The molecule has 0 radical (unpaired) electrons. The maximum absolute atomic E-state index is 10.2. The zero-order valence-corrected chi connectivity index (χ0v) is 24.7. The maximum Gasteiger partial charge on any atom is 0.335 e. The van der Waals surface area contributed by atoms with Crippen molar-refractivity contribution in [1.82, 2.24) is 0 Å². The average molecular weight is 593 g/mol. The van der Waals surface area contributed by atoms with Gasteiger partial charge in [-0.3, -0.25) is 0 Å². The first-order valence-corrected chi connectivity index (χ1v) is 11.5. The van der Waals surface area contributed by atoms with Gasteiger partial charge in [-0.25, -0.2) is 14.4 Å². The Bertz CT molecular complexity index is 1080. The average Bonchev–Trinajstić information content (AvgIpc) is 3.08. The molecule has 0 atom stereocenters. The van der Waals surface area contributed by atoms with Crippen LogP contribution in [0.1, 0.15) is 58.9 Å². The third-order valence-electron chi connectivity index (χ3n) is 5.87. The van der Waals surface area contributed by atoms with Crippen molar-refractivity contribution in [3.8, 4) is 0 Å². The minimum absolute atomic E-state index is 0. The van der Waals surface area contributed by atoms with Crippen LogP contribution in [0, 0.1) is 34.6 Å². The first-order chi connectivity index (χ1) is 17.5. The van der Waals surface area contributed by atoms with Gasteiger partial charge in [-0.1, -0.05) is 89.2 Å². The molecule has 0 saturated carbocycles. The van der Waals surface area contributed by atoms with Crippen LogP contribution in [0.25, 0.3) is 0 Å². The molecule has 0 aliphatic heterocycles. The quantitative estimate of drug-likeness (QED) is 0.219. The Kier molecular flexibility index (Phi) is 16.0. The van der Waals surface area contributed by atoms with E-state index >= 15 is 0 Å². The van der Waals surface area contributed by atoms with Crippen LogP contribution in [-0.4, -0.2) is 33.2 Å². The van der Waals surface area contributed by atoms with Crippen molar-refractivity contribution in [2.45, 2.75) is 34.6 Å². The predicted molar refractivity (Wildman–Crippen MR) is 146 cm³/mol. The molecule has 7 heteroatoms. The van der Waals surface area contributed by atoms with Crippen molar-refractivity contribution in [3.63, 3.8) is 0 Å². The second-order valence-corrected chi connectivity index (χ2v) is 8.14. The topological polar surface area (TPSA) is 112 Å². The summed E-state index contributed by atoms with van der Waals surface area (Å²) in [4.78, 5) is 30.6. The summed E-state index contributed by atoms with van der Waals surface area (Å²) in [7, 11) is 0. The monoisotopic (exact) mass is 591 g/mol. The Balaban J connectivity index is 0.000000477. The number of carboxylic acids is 3. The molecular weight excluding hydrogens is 560 g/mol. The van der Waals surface area contributed by atoms with Crippen LogP contribution in [0.4, 0.5) is 0 Å². The van der Waals surface area contributed by atoms with Crippen molar-refractivity contribution in [2.24, 2.45) is 0 Å². The minimum Gasteiger partial charge on any atom is -0.478 e. The van der Waals surface area contributed by atoms with Crippen LogP contribution in [0.3, 0.4) is 0 Å². The first kappa shape index (κ1) is 34.3. The van der Waals surface area contributed by atoms with E-state index in [9.17, 15) is 14.4 Å². The first-order valence-electron chi connectivity index (χ1n) is 11.5. The third-order valence-corrected chi connectivity index (χ3v) is 5.87. The second-order valence-electron chi connectivity index (χ2n) is 8.14. The van der Waals surface area contributed by atoms with Gasteiger partial charge in [0.25, 0.3) is 0 Å². The fraction of sp³-hybridized carbons (Fsp3) is 0.161. The van der Waals surface area contributed by atoms with Gasteiger partial charge in [-0.15, -0.1) is 0 Å². The molecule has 4 aromatic rings. The standard InChI is InChI=1S/C10H15.3C7H6O2.Zr/c1-6-7(2)9(4)10(5)8(6)3;3*8-7(9)6-4-2-1-3-5-6;/h1-5H3;3*1-5H,(H,8,9);/q-1;;;;. The van der Waals surface area contributed by atoms with Crippen molar-refractivity contribution in [3.05, 3.63) is 136 Å². The summed E-state index contributed by atoms with van der Waals surface area (Å²) in [5.41, 5.74) is 8.33. The molecule has 3 N–H and O–H groups in total. The number of benzene rings is 3. The molecule has 4 aromatic carbocycles. The molecule has 0 bridgehead atoms. The number of rotatable bonds is 3. The molecule has 0 aliphatic carbocycles. The van der Waals surface area contributed by atoms with E-state index in [1.165, 1.54) is 27.8 Å². The van der Waals surface area contributed by atoms with Crippen LogP contribution in [0.5, 0.6) is 0 Å². The smallest absolute Gasteiger partial charge is 0.335 e. The van der Waals surface area contributed by atoms with Gasteiger partial charge in [0.1, 0.15) is 0 Å². The summed E-state index contributed by atoms with van der Waals surface area (Å²) in [6.07, 6.45) is 0. The number of hydrogen-bond donors (Lipinski definition) is 3. The van der Waals surface area contributed by atoms with Gasteiger partial charge in [0.05, 0.1) is 16.7 Å². The molecule has 0 aliphatic rings. The van der Waals surface area contributed by atoms with Crippen LogP contribution >= 0.6 is 0 Å². The molecule has 38 heavy (non-hydrogen) atoms. The number of carboxylic acid groups (broad SMARTS) is 3. The van der Waals surface area contributed by atoms with Crippen LogP contribution in [-0.2, 0) is 26.2 Å². The molecule has 0 spiro atoms. The van der Waals surface area contributed by atoms with Crippen LogP contribution in [0.2, 0.25) is 0 Å². The van der Waals surface area contributed by atoms with Crippen molar-refractivity contribution >= 4 is 17.9 Å². The van der Waals surface area contributed by atoms with Gasteiger partial charge < -0.3 is 15.3 Å². The van der Waals surface area contributed by atoms with Crippen molar-refractivity contribution in [1.29, 1.82) is 0 Å². The Morgan fingerprint density at radius 1 is 0.500 bits per heavy atom. The summed E-state index contributed by atoms with van der Waals surface area (Å²) in [5, 5.41) is 25.2. The Morgan fingerprint density at radius 3 is 0.816 bits per heavy atom. The van der Waals surface area contributed by atoms with E-state index in [0.717, 1.165) is 0 Å². The van der Waals surface area contributed by atoms with Gasteiger partial charge in [0, 0.05) is 26.2 Å². The fourth-order valence-corrected chi connectivity index (χ4v) is 3.15. The molecule has 0 amide bonds. The van der Waals surface area contributed by atoms with Crippen LogP contribution in [0.15, 0.2) is 91.0 Å². The van der Waals surface area contributed by atoms with E-state index in [4.69, 9.17) is 15.3 Å². The molecule has 198 valence electrons. The minimum atomic E-state index is -0.879.